The molecule has 0 aliphatic carbocycles. The fourth-order valence-electron chi connectivity index (χ4n) is 2.24. The molecule has 1 atom stereocenters. The Morgan fingerprint density at radius 3 is 2.90 bits per heavy atom. The number of benzene rings is 1. The second-order valence-corrected chi connectivity index (χ2v) is 4.97. The van der Waals surface area contributed by atoms with E-state index in [0.29, 0.717) is 6.42 Å². The van der Waals surface area contributed by atoms with Gasteiger partial charge in [0.25, 0.3) is 0 Å². The zero-order valence-electron chi connectivity index (χ0n) is 11.9. The number of aryl methyl sites for hydroxylation is 1. The van der Waals surface area contributed by atoms with Crippen LogP contribution in [0.2, 0.25) is 0 Å². The van der Waals surface area contributed by atoms with Crippen LogP contribution in [0.5, 0.6) is 0 Å². The summed E-state index contributed by atoms with van der Waals surface area (Å²) in [5, 5.41) is 15.7. The molecular formula is C15H21N3O2. The van der Waals surface area contributed by atoms with Crippen molar-refractivity contribution < 1.29 is 9.90 Å². The summed E-state index contributed by atoms with van der Waals surface area (Å²) < 4.78 is 0. The lowest BCUT2D eigenvalue weighted by Crippen LogP contribution is -2.38. The molecule has 108 valence electrons. The first-order valence-corrected chi connectivity index (χ1v) is 6.90. The summed E-state index contributed by atoms with van der Waals surface area (Å²) in [6.07, 6.45) is 1.37. The lowest BCUT2D eigenvalue weighted by Gasteiger charge is -2.16. The number of amides is 2. The minimum atomic E-state index is -0.239. The Hall–Kier alpha value is -2.01. The van der Waals surface area contributed by atoms with Crippen LogP contribution in [0.15, 0.2) is 24.3 Å². The van der Waals surface area contributed by atoms with E-state index in [1.165, 1.54) is 0 Å². The van der Waals surface area contributed by atoms with Gasteiger partial charge in [0.15, 0.2) is 0 Å². The summed E-state index contributed by atoms with van der Waals surface area (Å²) in [5.41, 5.74) is 2.91. The Labute approximate surface area is 118 Å². The van der Waals surface area contributed by atoms with Gasteiger partial charge in [-0.05, 0) is 44.0 Å². The maximum atomic E-state index is 11.9. The summed E-state index contributed by atoms with van der Waals surface area (Å²) >= 11 is 0. The van der Waals surface area contributed by atoms with E-state index >= 15 is 0 Å². The molecule has 0 saturated carbocycles. The summed E-state index contributed by atoms with van der Waals surface area (Å²) in [5.74, 6) is 0. The van der Waals surface area contributed by atoms with Gasteiger partial charge in [-0.25, -0.2) is 4.79 Å². The van der Waals surface area contributed by atoms with Gasteiger partial charge in [-0.3, -0.25) is 0 Å². The SMILES string of the molecule is CCC(CCO)NC(=O)Nc1ccc2[nH]c(C)cc2c1. The van der Waals surface area contributed by atoms with E-state index in [4.69, 9.17) is 5.11 Å². The molecule has 0 aliphatic rings. The molecule has 2 aromatic rings. The van der Waals surface area contributed by atoms with Crippen LogP contribution in [0.1, 0.15) is 25.5 Å². The van der Waals surface area contributed by atoms with E-state index in [1.807, 2.05) is 38.1 Å². The van der Waals surface area contributed by atoms with Crippen LogP contribution in [0.3, 0.4) is 0 Å². The van der Waals surface area contributed by atoms with Gasteiger partial charge < -0.3 is 20.7 Å². The maximum absolute atomic E-state index is 11.9. The summed E-state index contributed by atoms with van der Waals surface area (Å²) in [7, 11) is 0. The predicted molar refractivity (Wildman–Crippen MR) is 81.0 cm³/mol. The number of urea groups is 1. The van der Waals surface area contributed by atoms with Crippen LogP contribution in [-0.2, 0) is 0 Å². The summed E-state index contributed by atoms with van der Waals surface area (Å²) in [6.45, 7) is 4.06. The molecule has 1 unspecified atom stereocenters. The molecule has 0 spiro atoms. The molecule has 5 heteroatoms. The van der Waals surface area contributed by atoms with E-state index in [9.17, 15) is 4.79 Å². The fourth-order valence-corrected chi connectivity index (χ4v) is 2.24. The molecule has 0 bridgehead atoms. The van der Waals surface area contributed by atoms with Crippen molar-refractivity contribution in [1.29, 1.82) is 0 Å². The highest BCUT2D eigenvalue weighted by atomic mass is 16.3. The second-order valence-electron chi connectivity index (χ2n) is 4.97. The molecule has 5 nitrogen and oxygen atoms in total. The highest BCUT2D eigenvalue weighted by Crippen LogP contribution is 2.19. The number of nitrogens with one attached hydrogen (secondary N) is 3. The number of hydrogen-bond donors (Lipinski definition) is 4. The molecule has 0 aliphatic heterocycles. The molecule has 1 aromatic heterocycles. The zero-order valence-corrected chi connectivity index (χ0v) is 11.9. The van der Waals surface area contributed by atoms with Crippen LogP contribution >= 0.6 is 0 Å². The number of fused-ring (bicyclic) bond motifs is 1. The normalized spacial score (nSPS) is 12.3. The van der Waals surface area contributed by atoms with Gasteiger partial charge in [0.2, 0.25) is 0 Å². The third-order valence-corrected chi connectivity index (χ3v) is 3.32. The lowest BCUT2D eigenvalue weighted by molar-refractivity contribution is 0.237. The van der Waals surface area contributed by atoms with Gasteiger partial charge in [-0.15, -0.1) is 0 Å². The van der Waals surface area contributed by atoms with Crippen LogP contribution in [-0.4, -0.2) is 28.8 Å². The first-order valence-electron chi connectivity index (χ1n) is 6.90. The van der Waals surface area contributed by atoms with Crippen molar-refractivity contribution in [1.82, 2.24) is 10.3 Å². The van der Waals surface area contributed by atoms with Gasteiger partial charge >= 0.3 is 6.03 Å². The van der Waals surface area contributed by atoms with E-state index in [0.717, 1.165) is 28.7 Å². The molecule has 1 heterocycles. The number of carbonyl (C=O) groups is 1. The third kappa shape index (κ3) is 3.51. The van der Waals surface area contributed by atoms with Gasteiger partial charge in [-0.2, -0.15) is 0 Å². The van der Waals surface area contributed by atoms with E-state index < -0.39 is 0 Å². The third-order valence-electron chi connectivity index (χ3n) is 3.32. The van der Waals surface area contributed by atoms with Gasteiger partial charge in [0.1, 0.15) is 0 Å². The number of aliphatic hydroxyl groups excluding tert-OH is 1. The molecule has 2 rings (SSSR count). The minimum Gasteiger partial charge on any atom is -0.396 e. The van der Waals surface area contributed by atoms with Crippen LogP contribution in [0, 0.1) is 6.92 Å². The van der Waals surface area contributed by atoms with Crippen LogP contribution in [0.4, 0.5) is 10.5 Å². The molecule has 0 radical (unpaired) electrons. The van der Waals surface area contributed by atoms with Gasteiger partial charge in [0.05, 0.1) is 0 Å². The standard InChI is InChI=1S/C15H21N3O2/c1-3-12(6-7-19)17-15(20)18-13-4-5-14-11(9-13)8-10(2)16-14/h4-5,8-9,12,16,19H,3,6-7H2,1-2H3,(H2,17,18,20). The quantitative estimate of drug-likeness (QED) is 0.677. The lowest BCUT2D eigenvalue weighted by atomic mass is 10.1. The number of aromatic amines is 1. The van der Waals surface area contributed by atoms with Crippen LogP contribution < -0.4 is 10.6 Å². The monoisotopic (exact) mass is 275 g/mol. The first-order chi connectivity index (χ1) is 9.62. The highest BCUT2D eigenvalue weighted by molar-refractivity contribution is 5.93. The van der Waals surface area contributed by atoms with Crippen molar-refractivity contribution in [3.05, 3.63) is 30.0 Å². The molecule has 0 saturated heterocycles. The molecule has 4 N–H and O–H groups in total. The highest BCUT2D eigenvalue weighted by Gasteiger charge is 2.10. The van der Waals surface area contributed by atoms with Crippen LogP contribution in [0.25, 0.3) is 10.9 Å². The van der Waals surface area contributed by atoms with Crippen molar-refractivity contribution in [3.8, 4) is 0 Å². The number of anilines is 1. The molecule has 2 amide bonds. The maximum Gasteiger partial charge on any atom is 0.319 e. The Morgan fingerprint density at radius 1 is 1.40 bits per heavy atom. The smallest absolute Gasteiger partial charge is 0.319 e. The Balaban J connectivity index is 2.01. The Kier molecular flexibility index (Phi) is 4.63. The zero-order chi connectivity index (χ0) is 14.5. The van der Waals surface area contributed by atoms with E-state index in [2.05, 4.69) is 15.6 Å². The Morgan fingerprint density at radius 2 is 2.20 bits per heavy atom. The van der Waals surface area contributed by atoms with E-state index in [1.54, 1.807) is 0 Å². The number of H-pyrrole nitrogens is 1. The van der Waals surface area contributed by atoms with Gasteiger partial charge in [0, 0.05) is 34.9 Å². The average molecular weight is 275 g/mol. The fraction of sp³-hybridized carbons (Fsp3) is 0.400. The van der Waals surface area contributed by atoms with Crippen molar-refractivity contribution in [2.45, 2.75) is 32.7 Å². The largest absolute Gasteiger partial charge is 0.396 e. The number of aliphatic hydroxyl groups is 1. The van der Waals surface area contributed by atoms with Gasteiger partial charge in [-0.1, -0.05) is 6.92 Å². The van der Waals surface area contributed by atoms with Crippen molar-refractivity contribution in [2.75, 3.05) is 11.9 Å². The van der Waals surface area contributed by atoms with E-state index in [-0.39, 0.29) is 18.7 Å². The molecule has 1 aromatic carbocycles. The number of carbonyl (C=O) groups excluding carboxylic acids is 1. The second kappa shape index (κ2) is 6.43. The van der Waals surface area contributed by atoms with Crippen molar-refractivity contribution in [2.24, 2.45) is 0 Å². The summed E-state index contributed by atoms with van der Waals surface area (Å²) in [4.78, 5) is 15.1. The molecule has 0 fully saturated rings. The number of hydrogen-bond acceptors (Lipinski definition) is 2. The topological polar surface area (TPSA) is 77.2 Å². The van der Waals surface area contributed by atoms with Crippen molar-refractivity contribution >= 4 is 22.6 Å². The number of aromatic nitrogens is 1. The predicted octanol–water partition coefficient (Wildman–Crippen LogP) is 2.76. The Bertz CT molecular complexity index is 592. The molecule has 20 heavy (non-hydrogen) atoms. The molecular weight excluding hydrogens is 254 g/mol. The number of rotatable bonds is 5. The average Bonchev–Trinajstić information content (AvgIpc) is 2.77. The summed E-state index contributed by atoms with van der Waals surface area (Å²) in [6, 6.07) is 7.55. The first kappa shape index (κ1) is 14.4. The minimum absolute atomic E-state index is 0.00164. The van der Waals surface area contributed by atoms with Crippen molar-refractivity contribution in [3.63, 3.8) is 0 Å².